The van der Waals surface area contributed by atoms with E-state index in [9.17, 15) is 13.5 Å². The highest BCUT2D eigenvalue weighted by molar-refractivity contribution is 7.91. The topological polar surface area (TPSA) is 79.3 Å². The summed E-state index contributed by atoms with van der Waals surface area (Å²) in [5.74, 6) is 0.244. The van der Waals surface area contributed by atoms with Crippen molar-refractivity contribution in [2.45, 2.75) is 36.5 Å². The first-order chi connectivity index (χ1) is 7.97. The lowest BCUT2D eigenvalue weighted by molar-refractivity contribution is 0.178. The number of aromatic nitrogens is 1. The molecule has 0 bridgehead atoms. The first-order valence-corrected chi connectivity index (χ1v) is 7.87. The maximum atomic E-state index is 11.9. The monoisotopic (exact) mass is 276 g/mol. The summed E-state index contributed by atoms with van der Waals surface area (Å²) in [5, 5.41) is 10.1. The Bertz CT molecular complexity index is 483. The quantitative estimate of drug-likeness (QED) is 0.856. The molecule has 0 radical (unpaired) electrons. The summed E-state index contributed by atoms with van der Waals surface area (Å²) in [5.41, 5.74) is 0. The number of aliphatic hydroxyl groups is 1. The van der Waals surface area contributed by atoms with Gasteiger partial charge in [0.05, 0.1) is 17.3 Å². The second kappa shape index (κ2) is 5.01. The van der Waals surface area contributed by atoms with Crippen LogP contribution in [0.5, 0.6) is 0 Å². The summed E-state index contributed by atoms with van der Waals surface area (Å²) < 4.78 is 26.6. The number of rotatable bonds is 4. The number of aliphatic hydroxyl groups excluding tert-OH is 1. The van der Waals surface area contributed by atoms with Gasteiger partial charge in [0.1, 0.15) is 0 Å². The molecule has 1 aromatic rings. The van der Waals surface area contributed by atoms with Crippen molar-refractivity contribution < 1.29 is 13.5 Å². The van der Waals surface area contributed by atoms with Crippen LogP contribution in [0.25, 0.3) is 0 Å². The van der Waals surface area contributed by atoms with Crippen LogP contribution in [0.3, 0.4) is 0 Å². The van der Waals surface area contributed by atoms with Crippen LogP contribution in [0.2, 0.25) is 0 Å². The van der Waals surface area contributed by atoms with Crippen molar-refractivity contribution in [3.8, 4) is 0 Å². The molecule has 1 saturated carbocycles. The molecule has 0 saturated heterocycles. The van der Waals surface area contributed by atoms with Crippen LogP contribution in [0.15, 0.2) is 10.4 Å². The standard InChI is InChI=1S/C10H16N2O3S2/c1-7-11-6-10(16-7)17(14,15)12-5-8-2-3-9(13)4-8/h6,8-9,12-13H,2-5H2,1H3. The van der Waals surface area contributed by atoms with Crippen molar-refractivity contribution >= 4 is 21.4 Å². The van der Waals surface area contributed by atoms with Crippen molar-refractivity contribution in [2.24, 2.45) is 5.92 Å². The molecule has 0 spiro atoms. The molecule has 2 atom stereocenters. The number of nitrogens with zero attached hydrogens (tertiary/aromatic N) is 1. The summed E-state index contributed by atoms with van der Waals surface area (Å²) in [4.78, 5) is 3.93. The smallest absolute Gasteiger partial charge is 0.251 e. The van der Waals surface area contributed by atoms with Crippen LogP contribution in [0, 0.1) is 12.8 Å². The molecule has 96 valence electrons. The van der Waals surface area contributed by atoms with Gasteiger partial charge in [-0.25, -0.2) is 18.1 Å². The molecule has 2 unspecified atom stereocenters. The molecule has 1 fully saturated rings. The average Bonchev–Trinajstić information content (AvgIpc) is 2.85. The molecule has 0 aromatic carbocycles. The second-order valence-corrected chi connectivity index (χ2v) is 7.61. The van der Waals surface area contributed by atoms with Gasteiger partial charge in [-0.1, -0.05) is 0 Å². The minimum absolute atomic E-state index is 0.244. The molecule has 1 aliphatic carbocycles. The van der Waals surface area contributed by atoms with Crippen LogP contribution < -0.4 is 4.72 Å². The fourth-order valence-corrected chi connectivity index (χ4v) is 4.27. The van der Waals surface area contributed by atoms with Gasteiger partial charge in [-0.3, -0.25) is 0 Å². The van der Waals surface area contributed by atoms with Crippen LogP contribution in [-0.2, 0) is 10.0 Å². The highest BCUT2D eigenvalue weighted by Gasteiger charge is 2.25. The number of hydrogen-bond donors (Lipinski definition) is 2. The predicted molar refractivity (Wildman–Crippen MR) is 65.4 cm³/mol. The van der Waals surface area contributed by atoms with E-state index in [4.69, 9.17) is 0 Å². The van der Waals surface area contributed by atoms with E-state index >= 15 is 0 Å². The third kappa shape index (κ3) is 3.25. The summed E-state index contributed by atoms with van der Waals surface area (Å²) >= 11 is 1.17. The molecule has 17 heavy (non-hydrogen) atoms. The van der Waals surface area contributed by atoms with Gasteiger partial charge < -0.3 is 5.11 Å². The molecule has 0 aliphatic heterocycles. The van der Waals surface area contributed by atoms with Gasteiger partial charge in [0, 0.05) is 6.54 Å². The Kier molecular flexibility index (Phi) is 3.82. The van der Waals surface area contributed by atoms with Gasteiger partial charge in [0.25, 0.3) is 10.0 Å². The van der Waals surface area contributed by atoms with Gasteiger partial charge in [-0.2, -0.15) is 0 Å². The summed E-state index contributed by atoms with van der Waals surface area (Å²) in [6, 6.07) is 0. The number of nitrogens with one attached hydrogen (secondary N) is 1. The molecular formula is C10H16N2O3S2. The van der Waals surface area contributed by atoms with E-state index in [-0.39, 0.29) is 16.2 Å². The highest BCUT2D eigenvalue weighted by Crippen LogP contribution is 2.25. The third-order valence-electron chi connectivity index (χ3n) is 2.94. The molecule has 2 rings (SSSR count). The van der Waals surface area contributed by atoms with E-state index in [1.165, 1.54) is 17.5 Å². The molecule has 1 aliphatic rings. The van der Waals surface area contributed by atoms with Crippen LogP contribution in [0.1, 0.15) is 24.3 Å². The zero-order valence-corrected chi connectivity index (χ0v) is 11.2. The van der Waals surface area contributed by atoms with Crippen molar-refractivity contribution in [1.82, 2.24) is 9.71 Å². The van der Waals surface area contributed by atoms with Crippen LogP contribution in [0.4, 0.5) is 0 Å². The maximum absolute atomic E-state index is 11.9. The van der Waals surface area contributed by atoms with Gasteiger partial charge in [-0.15, -0.1) is 11.3 Å². The Morgan fingerprint density at radius 1 is 1.59 bits per heavy atom. The highest BCUT2D eigenvalue weighted by atomic mass is 32.2. The maximum Gasteiger partial charge on any atom is 0.251 e. The number of hydrogen-bond acceptors (Lipinski definition) is 5. The Hall–Kier alpha value is -0.500. The Balaban J connectivity index is 1.94. The van der Waals surface area contributed by atoms with E-state index in [2.05, 4.69) is 9.71 Å². The van der Waals surface area contributed by atoms with E-state index in [1.807, 2.05) is 0 Å². The molecular weight excluding hydrogens is 260 g/mol. The number of aryl methyl sites for hydroxylation is 1. The second-order valence-electron chi connectivity index (χ2n) is 4.38. The van der Waals surface area contributed by atoms with Gasteiger partial charge >= 0.3 is 0 Å². The third-order valence-corrected chi connectivity index (χ3v) is 5.74. The predicted octanol–water partition coefficient (Wildman–Crippen LogP) is 0.891. The molecule has 2 N–H and O–H groups in total. The summed E-state index contributed by atoms with van der Waals surface area (Å²) in [7, 11) is -3.42. The van der Waals surface area contributed by atoms with E-state index < -0.39 is 10.0 Å². The van der Waals surface area contributed by atoms with Crippen molar-refractivity contribution in [1.29, 1.82) is 0 Å². The van der Waals surface area contributed by atoms with Crippen molar-refractivity contribution in [3.63, 3.8) is 0 Å². The zero-order valence-electron chi connectivity index (χ0n) is 9.59. The Labute approximate surface area is 105 Å². The van der Waals surface area contributed by atoms with Crippen LogP contribution in [-0.4, -0.2) is 31.2 Å². The van der Waals surface area contributed by atoms with Crippen molar-refractivity contribution in [3.05, 3.63) is 11.2 Å². The van der Waals surface area contributed by atoms with Gasteiger partial charge in [0.15, 0.2) is 4.21 Å². The largest absolute Gasteiger partial charge is 0.393 e. The molecule has 5 nitrogen and oxygen atoms in total. The van der Waals surface area contributed by atoms with E-state index in [0.717, 1.165) is 17.8 Å². The SMILES string of the molecule is Cc1ncc(S(=O)(=O)NCC2CCC(O)C2)s1. The van der Waals surface area contributed by atoms with E-state index in [0.29, 0.717) is 13.0 Å². The Morgan fingerprint density at radius 3 is 2.88 bits per heavy atom. The van der Waals surface area contributed by atoms with Crippen LogP contribution >= 0.6 is 11.3 Å². The lowest BCUT2D eigenvalue weighted by Crippen LogP contribution is -2.28. The summed E-state index contributed by atoms with van der Waals surface area (Å²) in [6.07, 6.45) is 3.45. The molecule has 7 heteroatoms. The van der Waals surface area contributed by atoms with Gasteiger partial charge in [-0.05, 0) is 32.1 Å². The molecule has 1 heterocycles. The Morgan fingerprint density at radius 2 is 2.35 bits per heavy atom. The minimum Gasteiger partial charge on any atom is -0.393 e. The fourth-order valence-electron chi connectivity index (χ4n) is 2.00. The number of sulfonamides is 1. The lowest BCUT2D eigenvalue weighted by atomic mass is 10.1. The zero-order chi connectivity index (χ0) is 12.5. The molecule has 0 amide bonds. The summed E-state index contributed by atoms with van der Waals surface area (Å²) in [6.45, 7) is 2.17. The van der Waals surface area contributed by atoms with Crippen molar-refractivity contribution in [2.75, 3.05) is 6.54 Å². The normalized spacial score (nSPS) is 25.3. The van der Waals surface area contributed by atoms with Gasteiger partial charge in [0.2, 0.25) is 0 Å². The average molecular weight is 276 g/mol. The first-order valence-electron chi connectivity index (χ1n) is 5.57. The fraction of sp³-hybridized carbons (Fsp3) is 0.700. The first kappa shape index (κ1) is 12.9. The minimum atomic E-state index is -3.42. The lowest BCUT2D eigenvalue weighted by Gasteiger charge is -2.10. The molecule has 1 aromatic heterocycles. The van der Waals surface area contributed by atoms with E-state index in [1.54, 1.807) is 6.92 Å². The number of thiazole rings is 1.